The number of pyridine rings is 1. The maximum absolute atomic E-state index is 13.3. The van der Waals surface area contributed by atoms with E-state index in [1.165, 1.54) is 12.1 Å². The fraction of sp³-hybridized carbons (Fsp3) is 0.0667. The van der Waals surface area contributed by atoms with Crippen LogP contribution in [0.4, 0.5) is 4.39 Å². The quantitative estimate of drug-likeness (QED) is 0.770. The fourth-order valence-electron chi connectivity index (χ4n) is 1.72. The van der Waals surface area contributed by atoms with Gasteiger partial charge >= 0.3 is 0 Å². The Morgan fingerprint density at radius 3 is 2.79 bits per heavy atom. The molecule has 0 N–H and O–H groups in total. The Hall–Kier alpha value is -2.18. The van der Waals surface area contributed by atoms with Gasteiger partial charge in [-0.3, -0.25) is 4.98 Å². The van der Waals surface area contributed by atoms with Gasteiger partial charge in [-0.15, -0.1) is 0 Å². The summed E-state index contributed by atoms with van der Waals surface area (Å²) in [6.45, 7) is 1.81. The zero-order valence-electron chi connectivity index (χ0n) is 10.2. The van der Waals surface area contributed by atoms with Crippen molar-refractivity contribution in [3.8, 4) is 6.07 Å². The molecule has 0 aliphatic carbocycles. The van der Waals surface area contributed by atoms with Gasteiger partial charge in [0.05, 0.1) is 10.6 Å². The van der Waals surface area contributed by atoms with Gasteiger partial charge in [0.25, 0.3) is 0 Å². The van der Waals surface area contributed by atoms with Crippen LogP contribution < -0.4 is 0 Å². The van der Waals surface area contributed by atoms with Crippen LogP contribution in [0.1, 0.15) is 16.7 Å². The Labute approximate surface area is 115 Å². The molecule has 0 aliphatic heterocycles. The van der Waals surface area contributed by atoms with E-state index in [0.29, 0.717) is 11.1 Å². The molecule has 2 aromatic rings. The molecule has 1 aromatic carbocycles. The highest BCUT2D eigenvalue weighted by Crippen LogP contribution is 2.31. The number of halogens is 2. The van der Waals surface area contributed by atoms with Crippen molar-refractivity contribution < 1.29 is 4.39 Å². The van der Waals surface area contributed by atoms with Crippen LogP contribution in [0.5, 0.6) is 0 Å². The molecule has 0 atom stereocenters. The number of nitriles is 1. The molecule has 19 heavy (non-hydrogen) atoms. The SMILES string of the molecule is Cc1ccc(F)cc1/C(Cl)=C(/C#N)c1cccnc1. The van der Waals surface area contributed by atoms with E-state index in [9.17, 15) is 9.65 Å². The molecule has 2 rings (SSSR count). The van der Waals surface area contributed by atoms with Crippen molar-refractivity contribution in [2.75, 3.05) is 0 Å². The first-order valence-corrected chi connectivity index (χ1v) is 5.98. The monoisotopic (exact) mass is 272 g/mol. The standard InChI is InChI=1S/C15H10ClFN2/c1-10-4-5-12(17)7-13(10)15(16)14(8-18)11-3-2-6-19-9-11/h2-7,9H,1H3/b15-14+. The molecule has 0 bridgehead atoms. The summed E-state index contributed by atoms with van der Waals surface area (Å²) in [6.07, 6.45) is 3.16. The molecule has 0 unspecified atom stereocenters. The lowest BCUT2D eigenvalue weighted by atomic mass is 10.0. The van der Waals surface area contributed by atoms with Crippen molar-refractivity contribution in [3.63, 3.8) is 0 Å². The third-order valence-corrected chi connectivity index (χ3v) is 3.11. The van der Waals surface area contributed by atoms with Gasteiger partial charge in [-0.25, -0.2) is 4.39 Å². The Morgan fingerprint density at radius 1 is 1.37 bits per heavy atom. The normalized spacial score (nSPS) is 11.7. The highest BCUT2D eigenvalue weighted by molar-refractivity contribution is 6.53. The Bertz CT molecular complexity index is 672. The van der Waals surface area contributed by atoms with Crippen molar-refractivity contribution in [2.45, 2.75) is 6.92 Å². The Morgan fingerprint density at radius 2 is 2.16 bits per heavy atom. The molecule has 0 radical (unpaired) electrons. The molecule has 1 heterocycles. The van der Waals surface area contributed by atoms with E-state index in [1.54, 1.807) is 30.6 Å². The minimum absolute atomic E-state index is 0.229. The van der Waals surface area contributed by atoms with Gasteiger partial charge < -0.3 is 0 Å². The van der Waals surface area contributed by atoms with Crippen molar-refractivity contribution >= 4 is 22.2 Å². The Kier molecular flexibility index (Phi) is 3.94. The lowest BCUT2D eigenvalue weighted by molar-refractivity contribution is 0.627. The molecule has 0 fully saturated rings. The van der Waals surface area contributed by atoms with Crippen LogP contribution >= 0.6 is 11.6 Å². The maximum atomic E-state index is 13.3. The molecule has 0 saturated carbocycles. The fourth-order valence-corrected chi connectivity index (χ4v) is 2.07. The van der Waals surface area contributed by atoms with Gasteiger partial charge in [0.2, 0.25) is 0 Å². The van der Waals surface area contributed by atoms with Crippen LogP contribution in [0.15, 0.2) is 42.7 Å². The lowest BCUT2D eigenvalue weighted by Gasteiger charge is -2.07. The van der Waals surface area contributed by atoms with Crippen molar-refractivity contribution in [3.05, 3.63) is 65.2 Å². The average molecular weight is 273 g/mol. The molecule has 0 saturated heterocycles. The van der Waals surface area contributed by atoms with Crippen LogP contribution in [0, 0.1) is 24.1 Å². The molecule has 94 valence electrons. The zero-order valence-corrected chi connectivity index (χ0v) is 10.9. The van der Waals surface area contributed by atoms with Crippen LogP contribution in [-0.4, -0.2) is 4.98 Å². The van der Waals surface area contributed by atoms with Gasteiger partial charge in [0, 0.05) is 23.5 Å². The summed E-state index contributed by atoms with van der Waals surface area (Å²) in [5.41, 5.74) is 2.22. The van der Waals surface area contributed by atoms with Gasteiger partial charge in [0.1, 0.15) is 11.9 Å². The maximum Gasteiger partial charge on any atom is 0.123 e. The second-order valence-corrected chi connectivity index (χ2v) is 4.38. The second-order valence-electron chi connectivity index (χ2n) is 4.00. The molecule has 2 nitrogen and oxygen atoms in total. The summed E-state index contributed by atoms with van der Waals surface area (Å²) in [5, 5.41) is 9.49. The largest absolute Gasteiger partial charge is 0.264 e. The predicted molar refractivity (Wildman–Crippen MR) is 73.7 cm³/mol. The summed E-state index contributed by atoms with van der Waals surface area (Å²) in [6, 6.07) is 9.82. The first-order chi connectivity index (χ1) is 9.13. The number of benzene rings is 1. The van der Waals surface area contributed by atoms with E-state index in [-0.39, 0.29) is 16.4 Å². The summed E-state index contributed by atoms with van der Waals surface area (Å²) < 4.78 is 13.3. The van der Waals surface area contributed by atoms with Gasteiger partial charge in [-0.1, -0.05) is 23.7 Å². The number of rotatable bonds is 2. The predicted octanol–water partition coefficient (Wildman–Crippen LogP) is 4.16. The summed E-state index contributed by atoms with van der Waals surface area (Å²) in [7, 11) is 0. The molecule has 0 amide bonds. The third kappa shape index (κ3) is 2.81. The average Bonchev–Trinajstić information content (AvgIpc) is 2.43. The van der Waals surface area contributed by atoms with E-state index < -0.39 is 0 Å². The van der Waals surface area contributed by atoms with Crippen molar-refractivity contribution in [2.24, 2.45) is 0 Å². The number of hydrogen-bond donors (Lipinski definition) is 0. The summed E-state index contributed by atoms with van der Waals surface area (Å²) >= 11 is 6.25. The van der Waals surface area contributed by atoms with Crippen molar-refractivity contribution in [1.29, 1.82) is 5.26 Å². The number of nitrogens with zero attached hydrogens (tertiary/aromatic N) is 2. The number of aromatic nitrogens is 1. The smallest absolute Gasteiger partial charge is 0.123 e. The van der Waals surface area contributed by atoms with Gasteiger partial charge in [-0.05, 0) is 30.7 Å². The number of aryl methyl sites for hydroxylation is 1. The highest BCUT2D eigenvalue weighted by Gasteiger charge is 2.12. The number of allylic oxidation sites excluding steroid dienone is 1. The van der Waals surface area contributed by atoms with Crippen LogP contribution in [0.25, 0.3) is 10.6 Å². The van der Waals surface area contributed by atoms with Crippen LogP contribution in [0.3, 0.4) is 0 Å². The Balaban J connectivity index is 2.62. The van der Waals surface area contributed by atoms with Crippen LogP contribution in [0.2, 0.25) is 0 Å². The summed E-state index contributed by atoms with van der Waals surface area (Å²) in [5.74, 6) is -0.387. The molecule has 0 aliphatic rings. The zero-order chi connectivity index (χ0) is 13.8. The first-order valence-electron chi connectivity index (χ1n) is 5.60. The molecule has 4 heteroatoms. The summed E-state index contributed by atoms with van der Waals surface area (Å²) in [4.78, 5) is 3.95. The second kappa shape index (κ2) is 5.64. The van der Waals surface area contributed by atoms with E-state index in [1.807, 2.05) is 13.0 Å². The molecule has 0 spiro atoms. The lowest BCUT2D eigenvalue weighted by Crippen LogP contribution is -1.91. The minimum Gasteiger partial charge on any atom is -0.264 e. The van der Waals surface area contributed by atoms with Gasteiger partial charge in [-0.2, -0.15) is 5.26 Å². The van der Waals surface area contributed by atoms with Gasteiger partial charge in [0.15, 0.2) is 0 Å². The van der Waals surface area contributed by atoms with E-state index >= 15 is 0 Å². The highest BCUT2D eigenvalue weighted by atomic mass is 35.5. The molecular weight excluding hydrogens is 263 g/mol. The van der Waals surface area contributed by atoms with Crippen molar-refractivity contribution in [1.82, 2.24) is 4.98 Å². The topological polar surface area (TPSA) is 36.7 Å². The van der Waals surface area contributed by atoms with E-state index in [0.717, 1.165) is 5.56 Å². The van der Waals surface area contributed by atoms with E-state index in [4.69, 9.17) is 11.6 Å². The number of hydrogen-bond acceptors (Lipinski definition) is 2. The minimum atomic E-state index is -0.387. The first kappa shape index (κ1) is 13.3. The van der Waals surface area contributed by atoms with E-state index in [2.05, 4.69) is 4.98 Å². The molecule has 1 aromatic heterocycles. The third-order valence-electron chi connectivity index (χ3n) is 2.72. The molecular formula is C15H10ClFN2. The van der Waals surface area contributed by atoms with Crippen LogP contribution in [-0.2, 0) is 0 Å².